The molecule has 0 bridgehead atoms. The third-order valence-electron chi connectivity index (χ3n) is 4.61. The fourth-order valence-electron chi connectivity index (χ4n) is 3.19. The highest BCUT2D eigenvalue weighted by molar-refractivity contribution is 7.18. The van der Waals surface area contributed by atoms with Crippen molar-refractivity contribution in [2.75, 3.05) is 26.2 Å². The van der Waals surface area contributed by atoms with Crippen LogP contribution >= 0.6 is 22.9 Å². The largest absolute Gasteiger partial charge is 0.296 e. The summed E-state index contributed by atoms with van der Waals surface area (Å²) in [5.74, 6) is -0.218. The van der Waals surface area contributed by atoms with Gasteiger partial charge in [0.05, 0.1) is 16.8 Å². The summed E-state index contributed by atoms with van der Waals surface area (Å²) in [6.45, 7) is 5.20. The molecule has 25 heavy (non-hydrogen) atoms. The molecular weight excluding hydrogens is 357 g/mol. The van der Waals surface area contributed by atoms with Crippen LogP contribution in [0.1, 0.15) is 10.6 Å². The average molecular weight is 376 g/mol. The van der Waals surface area contributed by atoms with E-state index in [0.29, 0.717) is 17.1 Å². The van der Waals surface area contributed by atoms with Gasteiger partial charge in [-0.25, -0.2) is 9.37 Å². The van der Waals surface area contributed by atoms with Gasteiger partial charge in [0.25, 0.3) is 0 Å². The molecule has 130 valence electrons. The van der Waals surface area contributed by atoms with Crippen LogP contribution in [0.2, 0.25) is 5.02 Å². The van der Waals surface area contributed by atoms with Gasteiger partial charge in [-0.15, -0.1) is 11.3 Å². The number of para-hydroxylation sites is 1. The molecule has 0 radical (unpaired) electrons. The Hall–Kier alpha value is -1.53. The van der Waals surface area contributed by atoms with Crippen molar-refractivity contribution in [1.29, 1.82) is 0 Å². The molecule has 3 nitrogen and oxygen atoms in total. The maximum Gasteiger partial charge on any atom is 0.129 e. The minimum Gasteiger partial charge on any atom is -0.296 e. The smallest absolute Gasteiger partial charge is 0.129 e. The van der Waals surface area contributed by atoms with Gasteiger partial charge in [-0.3, -0.25) is 9.80 Å². The number of piperazine rings is 1. The monoisotopic (exact) mass is 375 g/mol. The zero-order chi connectivity index (χ0) is 17.2. The van der Waals surface area contributed by atoms with Crippen LogP contribution in [-0.2, 0) is 13.1 Å². The second-order valence-corrected chi connectivity index (χ2v) is 7.85. The molecule has 6 heteroatoms. The van der Waals surface area contributed by atoms with Crippen LogP contribution < -0.4 is 0 Å². The topological polar surface area (TPSA) is 19.4 Å². The molecule has 0 amide bonds. The first kappa shape index (κ1) is 16.9. The highest BCUT2D eigenvalue weighted by Gasteiger charge is 2.20. The van der Waals surface area contributed by atoms with E-state index >= 15 is 0 Å². The van der Waals surface area contributed by atoms with Gasteiger partial charge in [-0.2, -0.15) is 0 Å². The molecule has 0 atom stereocenters. The maximum atomic E-state index is 13.9. The van der Waals surface area contributed by atoms with Crippen molar-refractivity contribution in [1.82, 2.24) is 14.8 Å². The highest BCUT2D eigenvalue weighted by Crippen LogP contribution is 2.24. The predicted octanol–water partition coefficient (Wildman–Crippen LogP) is 4.41. The molecule has 0 spiro atoms. The van der Waals surface area contributed by atoms with E-state index in [2.05, 4.69) is 28.0 Å². The summed E-state index contributed by atoms with van der Waals surface area (Å²) in [4.78, 5) is 9.39. The second kappa shape index (κ2) is 7.38. The summed E-state index contributed by atoms with van der Waals surface area (Å²) in [6, 6.07) is 13.1. The van der Waals surface area contributed by atoms with E-state index in [1.807, 2.05) is 6.07 Å². The average Bonchev–Trinajstić information content (AvgIpc) is 3.02. The van der Waals surface area contributed by atoms with Gasteiger partial charge < -0.3 is 0 Å². The lowest BCUT2D eigenvalue weighted by Gasteiger charge is -2.34. The van der Waals surface area contributed by atoms with Crippen molar-refractivity contribution < 1.29 is 4.39 Å². The van der Waals surface area contributed by atoms with E-state index in [4.69, 9.17) is 16.6 Å². The molecule has 1 aliphatic rings. The summed E-state index contributed by atoms with van der Waals surface area (Å²) >= 11 is 7.90. The van der Waals surface area contributed by atoms with Crippen LogP contribution in [0.4, 0.5) is 4.39 Å². The van der Waals surface area contributed by atoms with Crippen molar-refractivity contribution in [2.24, 2.45) is 0 Å². The van der Waals surface area contributed by atoms with Gasteiger partial charge in [0.2, 0.25) is 0 Å². The van der Waals surface area contributed by atoms with E-state index in [0.717, 1.165) is 43.2 Å². The van der Waals surface area contributed by atoms with Crippen LogP contribution in [0.15, 0.2) is 42.5 Å². The predicted molar refractivity (Wildman–Crippen MR) is 102 cm³/mol. The molecule has 1 aliphatic heterocycles. The van der Waals surface area contributed by atoms with Crippen molar-refractivity contribution >= 4 is 33.2 Å². The molecule has 1 fully saturated rings. The molecule has 0 N–H and O–H groups in total. The number of halogens is 2. The van der Waals surface area contributed by atoms with Gasteiger partial charge in [0.1, 0.15) is 10.8 Å². The van der Waals surface area contributed by atoms with E-state index in [1.54, 1.807) is 23.5 Å². The molecule has 2 heterocycles. The second-order valence-electron chi connectivity index (χ2n) is 6.33. The van der Waals surface area contributed by atoms with Gasteiger partial charge in [-0.1, -0.05) is 29.8 Å². The highest BCUT2D eigenvalue weighted by atomic mass is 35.5. The quantitative estimate of drug-likeness (QED) is 0.673. The Morgan fingerprint density at radius 1 is 0.960 bits per heavy atom. The summed E-state index contributed by atoms with van der Waals surface area (Å²) in [7, 11) is 0. The summed E-state index contributed by atoms with van der Waals surface area (Å²) in [5, 5.41) is 1.67. The Balaban J connectivity index is 1.35. The minimum atomic E-state index is -0.218. The standard InChI is InChI=1S/C19H19ClFN3S/c20-15-4-3-5-16(21)14(15)12-23-8-10-24(11-9-23)13-19-22-17-6-1-2-7-18(17)25-19/h1-7H,8-13H2. The summed E-state index contributed by atoms with van der Waals surface area (Å²) < 4.78 is 15.2. The lowest BCUT2D eigenvalue weighted by atomic mass is 10.2. The first-order valence-electron chi connectivity index (χ1n) is 8.41. The molecule has 0 unspecified atom stereocenters. The van der Waals surface area contributed by atoms with Crippen LogP contribution in [0.5, 0.6) is 0 Å². The van der Waals surface area contributed by atoms with Crippen LogP contribution in [0.3, 0.4) is 0 Å². The fraction of sp³-hybridized carbons (Fsp3) is 0.316. The van der Waals surface area contributed by atoms with E-state index in [1.165, 1.54) is 10.8 Å². The Morgan fingerprint density at radius 3 is 2.40 bits per heavy atom. The number of thiazole rings is 1. The van der Waals surface area contributed by atoms with Gasteiger partial charge in [0.15, 0.2) is 0 Å². The maximum absolute atomic E-state index is 13.9. The molecule has 1 aromatic heterocycles. The lowest BCUT2D eigenvalue weighted by molar-refractivity contribution is 0.121. The molecule has 4 rings (SSSR count). The van der Waals surface area contributed by atoms with Crippen LogP contribution in [0, 0.1) is 5.82 Å². The van der Waals surface area contributed by atoms with Gasteiger partial charge in [-0.05, 0) is 24.3 Å². The Labute approximate surface area is 155 Å². The molecule has 0 aliphatic carbocycles. The Morgan fingerprint density at radius 2 is 1.68 bits per heavy atom. The van der Waals surface area contributed by atoms with Crippen LogP contribution in [-0.4, -0.2) is 41.0 Å². The normalized spacial score (nSPS) is 16.6. The fourth-order valence-corrected chi connectivity index (χ4v) is 4.42. The SMILES string of the molecule is Fc1cccc(Cl)c1CN1CCN(Cc2nc3ccccc3s2)CC1. The minimum absolute atomic E-state index is 0.218. The van der Waals surface area contributed by atoms with Gasteiger partial charge in [0, 0.05) is 43.3 Å². The zero-order valence-corrected chi connectivity index (χ0v) is 15.4. The van der Waals surface area contributed by atoms with E-state index in [-0.39, 0.29) is 5.82 Å². The first-order chi connectivity index (χ1) is 12.2. The number of rotatable bonds is 4. The number of benzene rings is 2. The zero-order valence-electron chi connectivity index (χ0n) is 13.8. The number of hydrogen-bond donors (Lipinski definition) is 0. The first-order valence-corrected chi connectivity index (χ1v) is 9.60. The number of aromatic nitrogens is 1. The van der Waals surface area contributed by atoms with Crippen molar-refractivity contribution in [3.63, 3.8) is 0 Å². The van der Waals surface area contributed by atoms with E-state index < -0.39 is 0 Å². The lowest BCUT2D eigenvalue weighted by Crippen LogP contribution is -2.45. The molecule has 1 saturated heterocycles. The summed E-state index contributed by atoms with van der Waals surface area (Å²) in [5.41, 5.74) is 1.68. The summed E-state index contributed by atoms with van der Waals surface area (Å²) in [6.07, 6.45) is 0. The molecule has 0 saturated carbocycles. The third-order valence-corrected chi connectivity index (χ3v) is 5.98. The van der Waals surface area contributed by atoms with Crippen LogP contribution in [0.25, 0.3) is 10.2 Å². The molecule has 2 aromatic carbocycles. The van der Waals surface area contributed by atoms with Crippen molar-refractivity contribution in [3.05, 3.63) is 63.9 Å². The van der Waals surface area contributed by atoms with Crippen molar-refractivity contribution in [2.45, 2.75) is 13.1 Å². The van der Waals surface area contributed by atoms with E-state index in [9.17, 15) is 4.39 Å². The Kier molecular flexibility index (Phi) is 4.99. The van der Waals surface area contributed by atoms with Crippen molar-refractivity contribution in [3.8, 4) is 0 Å². The Bertz CT molecular complexity index is 821. The van der Waals surface area contributed by atoms with Gasteiger partial charge >= 0.3 is 0 Å². The third kappa shape index (κ3) is 3.85. The number of nitrogens with zero attached hydrogens (tertiary/aromatic N) is 3. The number of hydrogen-bond acceptors (Lipinski definition) is 4. The molecular formula is C19H19ClFN3S. The molecule has 3 aromatic rings. The number of fused-ring (bicyclic) bond motifs is 1.